The van der Waals surface area contributed by atoms with Gasteiger partial charge in [-0.2, -0.15) is 0 Å². The Hall–Kier alpha value is -1.89. The molecule has 5 nitrogen and oxygen atoms in total. The lowest BCUT2D eigenvalue weighted by atomic mass is 9.97. The molecule has 1 atom stereocenters. The quantitative estimate of drug-likeness (QED) is 0.812. The Kier molecular flexibility index (Phi) is 5.37. The highest BCUT2D eigenvalue weighted by Crippen LogP contribution is 2.34. The number of nitrogens with one attached hydrogen (secondary N) is 1. The predicted molar refractivity (Wildman–Crippen MR) is 100 cm³/mol. The summed E-state index contributed by atoms with van der Waals surface area (Å²) in [5.74, 6) is 0.804. The lowest BCUT2D eigenvalue weighted by Crippen LogP contribution is -2.28. The predicted octanol–water partition coefficient (Wildman–Crippen LogP) is 2.75. The van der Waals surface area contributed by atoms with Crippen molar-refractivity contribution in [2.75, 3.05) is 19.7 Å². The molecule has 0 radical (unpaired) electrons. The third-order valence-corrected chi connectivity index (χ3v) is 6.20. The first-order valence-corrected chi connectivity index (χ1v) is 10.3. The lowest BCUT2D eigenvalue weighted by Gasteiger charge is -2.22. The van der Waals surface area contributed by atoms with Gasteiger partial charge in [-0.05, 0) is 56.6 Å². The SMILES string of the molecule is CC(C)(O)COc1cc(S(=O)(=O)c2ccccc2)ccc1[C@@H]1CCNC1. The molecule has 0 aliphatic carbocycles. The van der Waals surface area contributed by atoms with E-state index in [1.54, 1.807) is 56.3 Å². The minimum Gasteiger partial charge on any atom is -0.490 e. The summed E-state index contributed by atoms with van der Waals surface area (Å²) in [6, 6.07) is 13.4. The van der Waals surface area contributed by atoms with Crippen LogP contribution < -0.4 is 10.1 Å². The number of hydrogen-bond acceptors (Lipinski definition) is 5. The highest BCUT2D eigenvalue weighted by Gasteiger charge is 2.25. The Bertz CT molecular complexity index is 851. The molecule has 1 aliphatic heterocycles. The number of benzene rings is 2. The van der Waals surface area contributed by atoms with Gasteiger partial charge in [-0.1, -0.05) is 24.3 Å². The van der Waals surface area contributed by atoms with Gasteiger partial charge in [-0.3, -0.25) is 0 Å². The maximum absolute atomic E-state index is 12.9. The molecule has 2 N–H and O–H groups in total. The van der Waals surface area contributed by atoms with E-state index in [0.29, 0.717) is 5.75 Å². The van der Waals surface area contributed by atoms with Crippen molar-refractivity contribution < 1.29 is 18.3 Å². The zero-order valence-corrected chi connectivity index (χ0v) is 15.9. The monoisotopic (exact) mass is 375 g/mol. The summed E-state index contributed by atoms with van der Waals surface area (Å²) >= 11 is 0. The molecule has 0 aromatic heterocycles. The van der Waals surface area contributed by atoms with Crippen LogP contribution in [0.3, 0.4) is 0 Å². The second-order valence-corrected chi connectivity index (χ2v) is 9.26. The average Bonchev–Trinajstić information content (AvgIpc) is 3.14. The fourth-order valence-corrected chi connectivity index (χ4v) is 4.35. The smallest absolute Gasteiger partial charge is 0.206 e. The normalized spacial score (nSPS) is 18.0. The molecule has 2 aromatic rings. The molecule has 3 rings (SSSR count). The van der Waals surface area contributed by atoms with Gasteiger partial charge in [-0.25, -0.2) is 8.42 Å². The molecule has 0 unspecified atom stereocenters. The van der Waals surface area contributed by atoms with E-state index in [4.69, 9.17) is 4.74 Å². The number of aliphatic hydroxyl groups is 1. The van der Waals surface area contributed by atoms with Gasteiger partial charge in [0.1, 0.15) is 12.4 Å². The van der Waals surface area contributed by atoms with Crippen molar-refractivity contribution in [3.8, 4) is 5.75 Å². The summed E-state index contributed by atoms with van der Waals surface area (Å²) < 4.78 is 31.6. The molecule has 0 saturated carbocycles. The van der Waals surface area contributed by atoms with Gasteiger partial charge in [-0.15, -0.1) is 0 Å². The van der Waals surface area contributed by atoms with E-state index in [1.807, 2.05) is 6.07 Å². The summed E-state index contributed by atoms with van der Waals surface area (Å²) in [7, 11) is -3.61. The highest BCUT2D eigenvalue weighted by atomic mass is 32.2. The van der Waals surface area contributed by atoms with Crippen LogP contribution in [0.15, 0.2) is 58.3 Å². The standard InChI is InChI=1S/C20H25NO4S/c1-20(2,22)14-25-19-12-17(8-9-18(19)15-10-11-21-13-15)26(23,24)16-6-4-3-5-7-16/h3-9,12,15,21-22H,10-11,13-14H2,1-2H3/t15-/m1/s1. The van der Waals surface area contributed by atoms with Crippen LogP contribution in [0.4, 0.5) is 0 Å². The fourth-order valence-electron chi connectivity index (χ4n) is 3.05. The Morgan fingerprint density at radius 2 is 1.88 bits per heavy atom. The van der Waals surface area contributed by atoms with E-state index in [-0.39, 0.29) is 22.3 Å². The minimum absolute atomic E-state index is 0.0922. The third kappa shape index (κ3) is 4.26. The summed E-state index contributed by atoms with van der Waals surface area (Å²) in [6.07, 6.45) is 0.976. The van der Waals surface area contributed by atoms with E-state index < -0.39 is 15.4 Å². The number of sulfone groups is 1. The lowest BCUT2D eigenvalue weighted by molar-refractivity contribution is 0.0280. The van der Waals surface area contributed by atoms with Gasteiger partial charge in [0.15, 0.2) is 0 Å². The van der Waals surface area contributed by atoms with Crippen LogP contribution in [0.5, 0.6) is 5.75 Å². The van der Waals surface area contributed by atoms with Crippen LogP contribution in [0.1, 0.15) is 31.7 Å². The first-order chi connectivity index (χ1) is 12.3. The maximum Gasteiger partial charge on any atom is 0.206 e. The minimum atomic E-state index is -3.61. The zero-order chi connectivity index (χ0) is 18.8. The molecule has 1 heterocycles. The molecule has 1 saturated heterocycles. The zero-order valence-electron chi connectivity index (χ0n) is 15.1. The van der Waals surface area contributed by atoms with Crippen LogP contribution in [0, 0.1) is 0 Å². The largest absolute Gasteiger partial charge is 0.490 e. The summed E-state index contributed by atoms with van der Waals surface area (Å²) in [6.45, 7) is 5.18. The Balaban J connectivity index is 2.00. The summed E-state index contributed by atoms with van der Waals surface area (Å²) in [4.78, 5) is 0.452. The summed E-state index contributed by atoms with van der Waals surface area (Å²) in [5, 5.41) is 13.3. The van der Waals surface area contributed by atoms with Crippen molar-refractivity contribution in [1.29, 1.82) is 0 Å². The van der Waals surface area contributed by atoms with Crippen molar-refractivity contribution >= 4 is 9.84 Å². The van der Waals surface area contributed by atoms with E-state index in [9.17, 15) is 13.5 Å². The fraction of sp³-hybridized carbons (Fsp3) is 0.400. The second-order valence-electron chi connectivity index (χ2n) is 7.31. The van der Waals surface area contributed by atoms with Crippen LogP contribution in [0.25, 0.3) is 0 Å². The van der Waals surface area contributed by atoms with Crippen molar-refractivity contribution in [1.82, 2.24) is 5.32 Å². The van der Waals surface area contributed by atoms with Gasteiger partial charge in [0.05, 0.1) is 15.4 Å². The topological polar surface area (TPSA) is 75.6 Å². The molecule has 1 aliphatic rings. The summed E-state index contributed by atoms with van der Waals surface area (Å²) in [5.41, 5.74) is -0.0225. The number of ether oxygens (including phenoxy) is 1. The first kappa shape index (κ1) is 18.9. The number of rotatable bonds is 6. The van der Waals surface area contributed by atoms with Crippen LogP contribution in [-0.4, -0.2) is 38.8 Å². The molecule has 140 valence electrons. The number of hydrogen-bond donors (Lipinski definition) is 2. The molecule has 1 fully saturated rings. The van der Waals surface area contributed by atoms with Crippen molar-refractivity contribution in [2.24, 2.45) is 0 Å². The van der Waals surface area contributed by atoms with E-state index in [2.05, 4.69) is 5.32 Å². The van der Waals surface area contributed by atoms with E-state index in [0.717, 1.165) is 25.1 Å². The van der Waals surface area contributed by atoms with Crippen molar-refractivity contribution in [3.05, 3.63) is 54.1 Å². The molecule has 0 spiro atoms. The molecule has 26 heavy (non-hydrogen) atoms. The van der Waals surface area contributed by atoms with Gasteiger partial charge in [0.25, 0.3) is 0 Å². The van der Waals surface area contributed by atoms with Gasteiger partial charge >= 0.3 is 0 Å². The Morgan fingerprint density at radius 3 is 2.50 bits per heavy atom. The molecule has 0 amide bonds. The average molecular weight is 375 g/mol. The van der Waals surface area contributed by atoms with Crippen molar-refractivity contribution in [3.63, 3.8) is 0 Å². The molecule has 2 aromatic carbocycles. The van der Waals surface area contributed by atoms with Crippen LogP contribution in [-0.2, 0) is 9.84 Å². The van der Waals surface area contributed by atoms with Gasteiger partial charge in [0, 0.05) is 12.5 Å². The molecule has 0 bridgehead atoms. The van der Waals surface area contributed by atoms with E-state index in [1.165, 1.54) is 0 Å². The van der Waals surface area contributed by atoms with E-state index >= 15 is 0 Å². The van der Waals surface area contributed by atoms with Crippen LogP contribution in [0.2, 0.25) is 0 Å². The second kappa shape index (κ2) is 7.39. The highest BCUT2D eigenvalue weighted by molar-refractivity contribution is 7.91. The van der Waals surface area contributed by atoms with Crippen LogP contribution >= 0.6 is 0 Å². The first-order valence-electron chi connectivity index (χ1n) is 8.77. The van der Waals surface area contributed by atoms with Crippen molar-refractivity contribution in [2.45, 2.75) is 41.6 Å². The Morgan fingerprint density at radius 1 is 1.15 bits per heavy atom. The molecule has 6 heteroatoms. The Labute approximate surface area is 154 Å². The molecular formula is C20H25NO4S. The third-order valence-electron chi connectivity index (χ3n) is 4.43. The maximum atomic E-state index is 12.9. The molecular weight excluding hydrogens is 350 g/mol. The van der Waals surface area contributed by atoms with Gasteiger partial charge in [0.2, 0.25) is 9.84 Å². The van der Waals surface area contributed by atoms with Gasteiger partial charge < -0.3 is 15.2 Å².